The van der Waals surface area contributed by atoms with Crippen LogP contribution in [0.2, 0.25) is 0 Å². The minimum atomic E-state index is -4.51. The maximum absolute atomic E-state index is 13.0. The normalized spacial score (nSPS) is 16.8. The van der Waals surface area contributed by atoms with E-state index in [0.29, 0.717) is 17.3 Å². The van der Waals surface area contributed by atoms with E-state index < -0.39 is 29.6 Å². The number of halogens is 3. The van der Waals surface area contributed by atoms with Gasteiger partial charge in [-0.05, 0) is 31.1 Å². The fourth-order valence-corrected chi connectivity index (χ4v) is 2.94. The summed E-state index contributed by atoms with van der Waals surface area (Å²) in [7, 11) is 0. The predicted octanol–water partition coefficient (Wildman–Crippen LogP) is 4.50. The molecule has 2 heterocycles. The van der Waals surface area contributed by atoms with Gasteiger partial charge in [0.1, 0.15) is 11.4 Å². The van der Waals surface area contributed by atoms with Crippen molar-refractivity contribution in [2.75, 3.05) is 0 Å². The Hall–Kier alpha value is -2.65. The van der Waals surface area contributed by atoms with Gasteiger partial charge in [-0.25, -0.2) is 0 Å². The van der Waals surface area contributed by atoms with Crippen molar-refractivity contribution in [3.8, 4) is 5.75 Å². The Kier molecular flexibility index (Phi) is 5.79. The molecule has 2 aromatic rings. The summed E-state index contributed by atoms with van der Waals surface area (Å²) in [5, 5.41) is 6.70. The molecule has 1 aliphatic carbocycles. The minimum Gasteiger partial charge on any atom is -0.481 e. The van der Waals surface area contributed by atoms with Crippen molar-refractivity contribution < 1.29 is 27.2 Å². The summed E-state index contributed by atoms with van der Waals surface area (Å²) in [6.07, 6.45) is -3.38. The van der Waals surface area contributed by atoms with Gasteiger partial charge in [0, 0.05) is 24.8 Å². The minimum absolute atomic E-state index is 0.0326. The van der Waals surface area contributed by atoms with E-state index >= 15 is 0 Å². The number of hydrogen-bond donors (Lipinski definition) is 1. The summed E-state index contributed by atoms with van der Waals surface area (Å²) in [6.45, 7) is 8.26. The Balaban J connectivity index is 1.87. The van der Waals surface area contributed by atoms with Crippen molar-refractivity contribution >= 4 is 5.91 Å². The standard InChI is InChI=1S/C20H25F3N4O3/c1-10(20(21,22)23)29-15-8-14(24-9-13(15)12-6-7-12)18(28)26-16(19(3,4)5)17-25-11(2)30-27-17/h8-10,12,16H,6-7H2,1-5H3,(H,26,28)/t10-,16?/m0/s1. The largest absolute Gasteiger partial charge is 0.481 e. The highest BCUT2D eigenvalue weighted by Crippen LogP contribution is 2.45. The van der Waals surface area contributed by atoms with E-state index in [2.05, 4.69) is 20.4 Å². The van der Waals surface area contributed by atoms with Crippen LogP contribution in [0.1, 0.15) is 80.3 Å². The van der Waals surface area contributed by atoms with Gasteiger partial charge < -0.3 is 14.6 Å². The summed E-state index contributed by atoms with van der Waals surface area (Å²) in [5.74, 6) is 0.242. The molecule has 0 radical (unpaired) electrons. The van der Waals surface area contributed by atoms with E-state index in [1.54, 1.807) is 6.92 Å². The van der Waals surface area contributed by atoms with Gasteiger partial charge in [-0.3, -0.25) is 9.78 Å². The van der Waals surface area contributed by atoms with E-state index in [4.69, 9.17) is 9.26 Å². The Morgan fingerprint density at radius 2 is 1.97 bits per heavy atom. The van der Waals surface area contributed by atoms with E-state index in [1.807, 2.05) is 20.8 Å². The fourth-order valence-electron chi connectivity index (χ4n) is 2.94. The molecule has 0 saturated heterocycles. The smallest absolute Gasteiger partial charge is 0.425 e. The molecule has 1 aliphatic rings. The molecule has 0 aliphatic heterocycles. The van der Waals surface area contributed by atoms with Crippen molar-refractivity contribution in [3.05, 3.63) is 35.2 Å². The predicted molar refractivity (Wildman–Crippen MR) is 101 cm³/mol. The van der Waals surface area contributed by atoms with Gasteiger partial charge in [-0.2, -0.15) is 18.2 Å². The molecule has 2 aromatic heterocycles. The summed E-state index contributed by atoms with van der Waals surface area (Å²) < 4.78 is 49.2. The first-order valence-corrected chi connectivity index (χ1v) is 9.70. The summed E-state index contributed by atoms with van der Waals surface area (Å²) >= 11 is 0. The van der Waals surface area contributed by atoms with Crippen LogP contribution in [0, 0.1) is 12.3 Å². The molecule has 0 bridgehead atoms. The number of carbonyl (C=O) groups is 1. The number of carbonyl (C=O) groups excluding carboxylic acids is 1. The van der Waals surface area contributed by atoms with Crippen LogP contribution in [-0.2, 0) is 0 Å². The van der Waals surface area contributed by atoms with Crippen LogP contribution in [0.15, 0.2) is 16.8 Å². The molecule has 30 heavy (non-hydrogen) atoms. The van der Waals surface area contributed by atoms with Crippen molar-refractivity contribution in [2.24, 2.45) is 5.41 Å². The average molecular weight is 426 g/mol. The number of nitrogens with zero attached hydrogens (tertiary/aromatic N) is 3. The lowest BCUT2D eigenvalue weighted by atomic mass is 9.86. The zero-order chi connectivity index (χ0) is 22.3. The van der Waals surface area contributed by atoms with Gasteiger partial charge in [0.15, 0.2) is 11.9 Å². The monoisotopic (exact) mass is 426 g/mol. The molecule has 1 N–H and O–H groups in total. The Bertz CT molecular complexity index is 917. The van der Waals surface area contributed by atoms with Crippen LogP contribution in [-0.4, -0.2) is 33.3 Å². The quantitative estimate of drug-likeness (QED) is 0.732. The molecule has 1 fully saturated rings. The van der Waals surface area contributed by atoms with Crippen LogP contribution in [0.3, 0.4) is 0 Å². The third kappa shape index (κ3) is 5.09. The second-order valence-electron chi connectivity index (χ2n) is 8.63. The highest BCUT2D eigenvalue weighted by atomic mass is 19.4. The van der Waals surface area contributed by atoms with E-state index in [-0.39, 0.29) is 17.4 Å². The summed E-state index contributed by atoms with van der Waals surface area (Å²) in [6, 6.07) is 0.678. The molecule has 1 amide bonds. The highest BCUT2D eigenvalue weighted by molar-refractivity contribution is 5.93. The molecule has 164 valence electrons. The number of nitrogens with one attached hydrogen (secondary N) is 1. The number of ether oxygens (including phenoxy) is 1. The number of rotatable bonds is 6. The Morgan fingerprint density at radius 1 is 1.30 bits per heavy atom. The molecule has 1 saturated carbocycles. The first kappa shape index (κ1) is 22.0. The van der Waals surface area contributed by atoms with Gasteiger partial charge in [0.05, 0.1) is 6.04 Å². The third-order valence-electron chi connectivity index (χ3n) is 4.85. The van der Waals surface area contributed by atoms with Crippen molar-refractivity contribution in [2.45, 2.75) is 71.7 Å². The van der Waals surface area contributed by atoms with Crippen LogP contribution in [0.5, 0.6) is 5.75 Å². The zero-order valence-corrected chi connectivity index (χ0v) is 17.5. The maximum Gasteiger partial charge on any atom is 0.425 e. The van der Waals surface area contributed by atoms with Gasteiger partial charge in [0.25, 0.3) is 5.91 Å². The molecule has 7 nitrogen and oxygen atoms in total. The second-order valence-corrected chi connectivity index (χ2v) is 8.63. The number of aromatic nitrogens is 3. The van der Waals surface area contributed by atoms with Crippen LogP contribution < -0.4 is 10.1 Å². The lowest BCUT2D eigenvalue weighted by molar-refractivity contribution is -0.189. The molecule has 3 rings (SSSR count). The third-order valence-corrected chi connectivity index (χ3v) is 4.85. The van der Waals surface area contributed by atoms with Crippen molar-refractivity contribution in [1.29, 1.82) is 0 Å². The zero-order valence-electron chi connectivity index (χ0n) is 17.5. The van der Waals surface area contributed by atoms with E-state index in [0.717, 1.165) is 19.8 Å². The van der Waals surface area contributed by atoms with Crippen LogP contribution in [0.25, 0.3) is 0 Å². The fraction of sp³-hybridized carbons (Fsp3) is 0.600. The number of amides is 1. The van der Waals surface area contributed by atoms with Gasteiger partial charge >= 0.3 is 6.18 Å². The lowest BCUT2D eigenvalue weighted by Gasteiger charge is -2.28. The van der Waals surface area contributed by atoms with Gasteiger partial charge in [0.2, 0.25) is 5.89 Å². The second kappa shape index (κ2) is 7.88. The summed E-state index contributed by atoms with van der Waals surface area (Å²) in [5.41, 5.74) is 0.0893. The molecule has 2 atom stereocenters. The number of alkyl halides is 3. The van der Waals surface area contributed by atoms with Crippen molar-refractivity contribution in [1.82, 2.24) is 20.4 Å². The first-order chi connectivity index (χ1) is 13.9. The highest BCUT2D eigenvalue weighted by Gasteiger charge is 2.39. The van der Waals surface area contributed by atoms with Crippen LogP contribution >= 0.6 is 0 Å². The molecule has 0 spiro atoms. The van der Waals surface area contributed by atoms with Crippen LogP contribution in [0.4, 0.5) is 13.2 Å². The number of aryl methyl sites for hydroxylation is 1. The molecular formula is C20H25F3N4O3. The first-order valence-electron chi connectivity index (χ1n) is 9.70. The molecule has 0 aromatic carbocycles. The maximum atomic E-state index is 13.0. The summed E-state index contributed by atoms with van der Waals surface area (Å²) in [4.78, 5) is 21.2. The number of pyridine rings is 1. The average Bonchev–Trinajstić information content (AvgIpc) is 3.38. The molecule has 10 heteroatoms. The lowest BCUT2D eigenvalue weighted by Crippen LogP contribution is -2.37. The molecular weight excluding hydrogens is 401 g/mol. The van der Waals surface area contributed by atoms with Gasteiger partial charge in [-0.1, -0.05) is 25.9 Å². The van der Waals surface area contributed by atoms with Crippen molar-refractivity contribution in [3.63, 3.8) is 0 Å². The van der Waals surface area contributed by atoms with Gasteiger partial charge in [-0.15, -0.1) is 0 Å². The van der Waals surface area contributed by atoms with E-state index in [1.165, 1.54) is 12.3 Å². The number of hydrogen-bond acceptors (Lipinski definition) is 6. The Labute approximate surface area is 172 Å². The SMILES string of the molecule is Cc1nc(C(NC(=O)c2cc(O[C@@H](C)C(F)(F)F)c(C3CC3)cn2)C(C)(C)C)no1. The van der Waals surface area contributed by atoms with E-state index in [9.17, 15) is 18.0 Å². The molecule has 1 unspecified atom stereocenters. The Morgan fingerprint density at radius 3 is 2.47 bits per heavy atom. The topological polar surface area (TPSA) is 90.1 Å².